The van der Waals surface area contributed by atoms with Gasteiger partial charge in [-0.1, -0.05) is 31.2 Å². The molecule has 17 nitrogen and oxygen atoms in total. The largest absolute Gasteiger partial charge is 0.488 e. The molecule has 1 aliphatic carbocycles. The number of nitrogens with zero attached hydrogens (tertiary/aromatic N) is 8. The number of hydrogen-bond donors (Lipinski definition) is 4. The number of aliphatic hydroxyl groups is 2. The van der Waals surface area contributed by atoms with Crippen LogP contribution >= 0.6 is 22.9 Å². The van der Waals surface area contributed by atoms with Gasteiger partial charge in [-0.2, -0.15) is 15.2 Å². The first kappa shape index (κ1) is 51.4. The van der Waals surface area contributed by atoms with Crippen LogP contribution in [0.5, 0.6) is 11.8 Å². The first-order valence-corrected chi connectivity index (χ1v) is 27.7. The number of pyridine rings is 1. The molecule has 0 spiro atoms. The Morgan fingerprint density at radius 2 is 1.92 bits per heavy atom. The topological polar surface area (TPSA) is 230 Å². The van der Waals surface area contributed by atoms with E-state index in [1.807, 2.05) is 30.0 Å². The van der Waals surface area contributed by atoms with Gasteiger partial charge in [0.1, 0.15) is 60.0 Å². The molecule has 0 bridgehead atoms. The Hall–Kier alpha value is -7.06. The van der Waals surface area contributed by atoms with E-state index in [1.165, 1.54) is 12.1 Å². The summed E-state index contributed by atoms with van der Waals surface area (Å²) in [6.07, 6.45) is 2.67. The van der Waals surface area contributed by atoms with Crippen LogP contribution in [0.1, 0.15) is 79.9 Å². The van der Waals surface area contributed by atoms with E-state index in [9.17, 15) is 29.5 Å². The first-order chi connectivity index (χ1) is 37.9. The number of anilines is 2. The summed E-state index contributed by atoms with van der Waals surface area (Å²) in [5, 5.41) is 34.4. The summed E-state index contributed by atoms with van der Waals surface area (Å²) in [6.45, 7) is 9.58. The third kappa shape index (κ3) is 7.80. The lowest BCUT2D eigenvalue weighted by Crippen LogP contribution is -2.54. The summed E-state index contributed by atoms with van der Waals surface area (Å²) in [5.41, 5.74) is 15.9. The molecule has 1 amide bonds. The van der Waals surface area contributed by atoms with E-state index in [2.05, 4.69) is 16.5 Å². The highest BCUT2D eigenvalue weighted by molar-refractivity contribution is 7.23. The van der Waals surface area contributed by atoms with Gasteiger partial charge in [0, 0.05) is 101 Å². The van der Waals surface area contributed by atoms with E-state index < -0.39 is 47.2 Å². The molecular weight excluding hydrogens is 1060 g/mol. The molecule has 0 radical (unpaired) electrons. The van der Waals surface area contributed by atoms with Gasteiger partial charge < -0.3 is 50.6 Å². The van der Waals surface area contributed by atoms with Crippen molar-refractivity contribution >= 4 is 83.2 Å². The number of carbonyl (C=O) groups is 2. The Labute approximate surface area is 460 Å². The van der Waals surface area contributed by atoms with Crippen LogP contribution in [0.15, 0.2) is 59.7 Å². The number of cyclic esters (lactones) is 1. The average Bonchev–Trinajstić information content (AvgIpc) is 4.41. The highest BCUT2D eigenvalue weighted by Crippen LogP contribution is 2.51. The zero-order valence-corrected chi connectivity index (χ0v) is 44.7. The van der Waals surface area contributed by atoms with Gasteiger partial charge in [-0.25, -0.2) is 22.9 Å². The lowest BCUT2D eigenvalue weighted by molar-refractivity contribution is -0.164. The number of halogens is 4. The van der Waals surface area contributed by atoms with Crippen molar-refractivity contribution in [1.29, 1.82) is 5.26 Å². The van der Waals surface area contributed by atoms with Gasteiger partial charge in [0.15, 0.2) is 17.6 Å². The van der Waals surface area contributed by atoms with Crippen LogP contribution in [0.25, 0.3) is 48.7 Å². The van der Waals surface area contributed by atoms with Gasteiger partial charge in [-0.05, 0) is 87.0 Å². The van der Waals surface area contributed by atoms with Crippen molar-refractivity contribution in [3.05, 3.63) is 104 Å². The maximum atomic E-state index is 17.5. The van der Waals surface area contributed by atoms with E-state index in [1.54, 1.807) is 28.9 Å². The minimum atomic E-state index is -1.90. The standard InChI is InChI=1S/C57H54ClF3N10O7S/c1-4-57(75)35-17-40-47-33(22-71(40)53(73)34(35)24-77-54(57)74)44-38(63)9-7-29-41(11-10-39(65-47)45(29)44)76-23-26(2)52(72)68-14-15-70(27(3)20-68)51-31-16-36(58)43(30-6-8-37(60)49-42(30)32(19-62)50(64)79-49)46(61)48(31)66-55(67-51)78-25-56-12-5-13-69(56)21-28(59)18-56/h6,8,10-11,16-17,27-28,38,53,73,75H,2,4-5,7,9,12-15,18,20-25,63-64H2,1,3H3/t27-,28+,38?,53?,56-,57-/m0/s1. The Morgan fingerprint density at radius 3 is 2.71 bits per heavy atom. The second-order valence-corrected chi connectivity index (χ2v) is 23.2. The van der Waals surface area contributed by atoms with Crippen LogP contribution in [0.3, 0.4) is 0 Å². The molecular formula is C57H54ClF3N10O7S. The number of nitrogens with two attached hydrogens (primary N) is 2. The Kier molecular flexibility index (Phi) is 12.2. The maximum absolute atomic E-state index is 17.5. The second-order valence-electron chi connectivity index (χ2n) is 21.8. The zero-order chi connectivity index (χ0) is 55.1. The predicted molar refractivity (Wildman–Crippen MR) is 291 cm³/mol. The van der Waals surface area contributed by atoms with Crippen molar-refractivity contribution in [2.45, 2.75) is 94.5 Å². The van der Waals surface area contributed by atoms with Crippen LogP contribution in [0.4, 0.5) is 24.0 Å². The van der Waals surface area contributed by atoms with Gasteiger partial charge in [-0.15, -0.1) is 11.3 Å². The number of nitriles is 1. The van der Waals surface area contributed by atoms with Crippen molar-refractivity contribution in [2.24, 2.45) is 5.73 Å². The number of thiophene rings is 1. The number of esters is 1. The fourth-order valence-electron chi connectivity index (χ4n) is 13.4. The molecule has 6 atom stereocenters. The molecule has 6 aliphatic heterocycles. The minimum absolute atomic E-state index is 0.00105. The quantitative estimate of drug-likeness (QED) is 0.0769. The summed E-state index contributed by atoms with van der Waals surface area (Å²) in [6, 6.07) is 8.88. The molecule has 6 aromatic rings. The number of hydrogen-bond acceptors (Lipinski definition) is 17. The smallest absolute Gasteiger partial charge is 0.343 e. The van der Waals surface area contributed by atoms with E-state index >= 15 is 8.78 Å². The third-order valence-electron chi connectivity index (χ3n) is 17.4. The number of aryl methyl sites for hydroxylation is 1. The molecule has 3 fully saturated rings. The fraction of sp³-hybridized carbons (Fsp3) is 0.404. The van der Waals surface area contributed by atoms with Crippen LogP contribution in [0, 0.1) is 23.0 Å². The molecule has 79 heavy (non-hydrogen) atoms. The summed E-state index contributed by atoms with van der Waals surface area (Å²) < 4.78 is 65.8. The number of aliphatic hydroxyl groups excluding tert-OH is 1. The molecule has 408 valence electrons. The normalized spacial score (nSPS) is 25.3. The molecule has 3 aromatic heterocycles. The van der Waals surface area contributed by atoms with Crippen molar-refractivity contribution in [1.82, 2.24) is 29.7 Å². The van der Waals surface area contributed by atoms with Crippen molar-refractivity contribution in [3.63, 3.8) is 0 Å². The van der Waals surface area contributed by atoms with Crippen LogP contribution < -0.4 is 25.8 Å². The highest BCUT2D eigenvalue weighted by Gasteiger charge is 2.51. The lowest BCUT2D eigenvalue weighted by atomic mass is 9.82. The molecule has 9 heterocycles. The maximum Gasteiger partial charge on any atom is 0.343 e. The highest BCUT2D eigenvalue weighted by atomic mass is 35.5. The molecule has 0 saturated carbocycles. The Bertz CT molecular complexity index is 3810. The molecule has 3 aromatic carbocycles. The van der Waals surface area contributed by atoms with E-state index in [0.29, 0.717) is 65.4 Å². The second kappa shape index (κ2) is 18.8. The van der Waals surface area contributed by atoms with Crippen molar-refractivity contribution in [2.75, 3.05) is 63.2 Å². The molecule has 22 heteroatoms. The Balaban J connectivity index is 0.769. The first-order valence-electron chi connectivity index (χ1n) is 26.5. The average molecular weight is 1120 g/mol. The number of piperazine rings is 1. The number of carbonyl (C=O) groups excluding carboxylic acids is 2. The SMILES string of the molecule is C=C(COc1ccc2nc3c(c4c2c1CCC4N)CN1C3=CC2=C(COC(=O)[C@]2(O)CC)C1O)C(=O)N1CCN(c2nc(OC[C@@]34CCCN3C[C@H](F)C4)nc3c(F)c(-c4ccc(F)c5sc(N)c(C#N)c45)c(Cl)cc23)[C@@H](C)C1. The monoisotopic (exact) mass is 1110 g/mol. The van der Waals surface area contributed by atoms with Crippen LogP contribution in [0.2, 0.25) is 5.02 Å². The zero-order valence-electron chi connectivity index (χ0n) is 43.2. The number of alkyl halides is 1. The minimum Gasteiger partial charge on any atom is -0.488 e. The van der Waals surface area contributed by atoms with E-state index in [0.717, 1.165) is 46.4 Å². The molecule has 13 rings (SSSR count). The van der Waals surface area contributed by atoms with Gasteiger partial charge in [0.25, 0.3) is 5.91 Å². The number of rotatable bonds is 10. The van der Waals surface area contributed by atoms with Crippen molar-refractivity contribution < 1.29 is 47.2 Å². The lowest BCUT2D eigenvalue weighted by Gasteiger charge is -2.41. The number of fused-ring (bicyclic) bond motifs is 7. The summed E-state index contributed by atoms with van der Waals surface area (Å²) in [4.78, 5) is 49.2. The number of ether oxygens (including phenoxy) is 3. The molecule has 2 unspecified atom stereocenters. The third-order valence-corrected chi connectivity index (χ3v) is 18.7. The van der Waals surface area contributed by atoms with Gasteiger partial charge in [0.2, 0.25) is 0 Å². The molecule has 7 aliphatic rings. The van der Waals surface area contributed by atoms with Crippen LogP contribution in [-0.2, 0) is 27.3 Å². The van der Waals surface area contributed by atoms with Gasteiger partial charge in [-0.3, -0.25) is 9.69 Å². The molecule has 3 saturated heterocycles. The number of nitrogen functional groups attached to an aromatic ring is 1. The van der Waals surface area contributed by atoms with Crippen molar-refractivity contribution in [3.8, 4) is 29.0 Å². The fourth-order valence-corrected chi connectivity index (χ4v) is 14.6. The Morgan fingerprint density at radius 1 is 1.10 bits per heavy atom. The number of amides is 1. The summed E-state index contributed by atoms with van der Waals surface area (Å²) in [7, 11) is 0. The summed E-state index contributed by atoms with van der Waals surface area (Å²) >= 11 is 7.90. The predicted octanol–water partition coefficient (Wildman–Crippen LogP) is 7.50. The van der Waals surface area contributed by atoms with E-state index in [4.69, 9.17) is 47.2 Å². The number of aromatic nitrogens is 3. The van der Waals surface area contributed by atoms with Gasteiger partial charge >= 0.3 is 12.0 Å². The van der Waals surface area contributed by atoms with Crippen LogP contribution in [-0.4, -0.2) is 134 Å². The van der Waals surface area contributed by atoms with Gasteiger partial charge in [0.05, 0.1) is 37.7 Å². The number of benzene rings is 3. The van der Waals surface area contributed by atoms with E-state index in [-0.39, 0.29) is 130 Å². The summed E-state index contributed by atoms with van der Waals surface area (Å²) in [5.74, 6) is -1.71. The molecule has 6 N–H and O–H groups in total.